The molecule has 0 aliphatic carbocycles. The molecule has 18 heavy (non-hydrogen) atoms. The molecule has 1 aliphatic heterocycles. The number of carbonyl (C=O) groups is 1. The molecule has 0 radical (unpaired) electrons. The maximum Gasteiger partial charge on any atom is 0.339 e. The summed E-state index contributed by atoms with van der Waals surface area (Å²) in [6.07, 6.45) is 0. The van der Waals surface area contributed by atoms with Gasteiger partial charge in [0, 0.05) is 11.1 Å². The molecule has 3 rings (SSSR count). The summed E-state index contributed by atoms with van der Waals surface area (Å²) >= 11 is 0. The van der Waals surface area contributed by atoms with Gasteiger partial charge in [0.1, 0.15) is 0 Å². The fourth-order valence-corrected chi connectivity index (χ4v) is 2.68. The van der Waals surface area contributed by atoms with Crippen molar-refractivity contribution in [3.63, 3.8) is 0 Å². The summed E-state index contributed by atoms with van der Waals surface area (Å²) in [6, 6.07) is 15.6. The van der Waals surface area contributed by atoms with E-state index in [9.17, 15) is 4.79 Å². The summed E-state index contributed by atoms with van der Waals surface area (Å²) in [5, 5.41) is 0. The van der Waals surface area contributed by atoms with Crippen molar-refractivity contribution in [1.82, 2.24) is 0 Å². The van der Waals surface area contributed by atoms with Crippen molar-refractivity contribution in [3.8, 4) is 0 Å². The van der Waals surface area contributed by atoms with Crippen LogP contribution in [0.15, 0.2) is 48.5 Å². The van der Waals surface area contributed by atoms with Gasteiger partial charge in [0.2, 0.25) is 0 Å². The number of carbonyl (C=O) groups excluding carboxylic acids is 1. The van der Waals surface area contributed by atoms with E-state index in [1.165, 1.54) is 0 Å². The summed E-state index contributed by atoms with van der Waals surface area (Å²) in [5.74, 6) is -0.239. The van der Waals surface area contributed by atoms with Crippen LogP contribution in [0.5, 0.6) is 0 Å². The Labute approximate surface area is 106 Å². The third kappa shape index (κ3) is 1.39. The van der Waals surface area contributed by atoms with E-state index >= 15 is 0 Å². The first-order valence-electron chi connectivity index (χ1n) is 6.02. The lowest BCUT2D eigenvalue weighted by Gasteiger charge is -2.26. The predicted octanol–water partition coefficient (Wildman–Crippen LogP) is 3.43. The second-order valence-corrected chi connectivity index (χ2v) is 4.78. The lowest BCUT2D eigenvalue weighted by molar-refractivity contribution is 0.0178. The summed E-state index contributed by atoms with van der Waals surface area (Å²) < 4.78 is 5.65. The number of hydrogen-bond donors (Lipinski definition) is 0. The van der Waals surface area contributed by atoms with Crippen molar-refractivity contribution in [2.24, 2.45) is 0 Å². The third-order valence-corrected chi connectivity index (χ3v) is 3.62. The van der Waals surface area contributed by atoms with Gasteiger partial charge < -0.3 is 4.74 Å². The summed E-state index contributed by atoms with van der Waals surface area (Å²) in [7, 11) is 0. The number of hydrogen-bond acceptors (Lipinski definition) is 2. The molecule has 90 valence electrons. The standard InChI is InChI=1S/C16H14O2/c1-11-7-3-5-9-13(11)16(2)14-10-6-4-8-12(14)15(17)18-16/h3-10H,1-2H3/t16-/m1/s1. The van der Waals surface area contributed by atoms with Crippen molar-refractivity contribution in [1.29, 1.82) is 0 Å². The molecule has 2 aromatic rings. The van der Waals surface area contributed by atoms with Crippen LogP contribution in [0.4, 0.5) is 0 Å². The largest absolute Gasteiger partial charge is 0.446 e. The van der Waals surface area contributed by atoms with Crippen molar-refractivity contribution < 1.29 is 9.53 Å². The van der Waals surface area contributed by atoms with E-state index in [-0.39, 0.29) is 5.97 Å². The topological polar surface area (TPSA) is 26.3 Å². The molecule has 0 fully saturated rings. The fourth-order valence-electron chi connectivity index (χ4n) is 2.68. The van der Waals surface area contributed by atoms with Crippen LogP contribution in [0.1, 0.15) is 34.0 Å². The molecular weight excluding hydrogens is 224 g/mol. The second-order valence-electron chi connectivity index (χ2n) is 4.78. The molecule has 1 atom stereocenters. The minimum Gasteiger partial charge on any atom is -0.446 e. The zero-order valence-electron chi connectivity index (χ0n) is 10.4. The molecule has 0 N–H and O–H groups in total. The molecule has 0 aromatic heterocycles. The molecule has 1 aliphatic rings. The number of ether oxygens (including phenoxy) is 1. The van der Waals surface area contributed by atoms with Gasteiger partial charge in [-0.15, -0.1) is 0 Å². The van der Waals surface area contributed by atoms with Gasteiger partial charge in [0.15, 0.2) is 5.60 Å². The van der Waals surface area contributed by atoms with Gasteiger partial charge in [0.05, 0.1) is 5.56 Å². The van der Waals surface area contributed by atoms with E-state index in [0.29, 0.717) is 5.56 Å². The van der Waals surface area contributed by atoms with Gasteiger partial charge >= 0.3 is 5.97 Å². The number of esters is 1. The van der Waals surface area contributed by atoms with Gasteiger partial charge in [-0.2, -0.15) is 0 Å². The van der Waals surface area contributed by atoms with Crippen LogP contribution in [-0.2, 0) is 10.3 Å². The average Bonchev–Trinajstić information content (AvgIpc) is 2.64. The highest BCUT2D eigenvalue weighted by atomic mass is 16.6. The zero-order chi connectivity index (χ0) is 12.8. The number of rotatable bonds is 1. The lowest BCUT2D eigenvalue weighted by Crippen LogP contribution is -2.24. The van der Waals surface area contributed by atoms with Crippen LogP contribution in [0.3, 0.4) is 0 Å². The Bertz CT molecular complexity index is 630. The van der Waals surface area contributed by atoms with E-state index < -0.39 is 5.60 Å². The quantitative estimate of drug-likeness (QED) is 0.711. The molecule has 0 amide bonds. The Kier molecular flexibility index (Phi) is 2.27. The Morgan fingerprint density at radius 1 is 0.944 bits per heavy atom. The van der Waals surface area contributed by atoms with Crippen molar-refractivity contribution in [3.05, 3.63) is 70.8 Å². The van der Waals surface area contributed by atoms with Gasteiger partial charge in [0.25, 0.3) is 0 Å². The van der Waals surface area contributed by atoms with E-state index in [1.807, 2.05) is 62.4 Å². The number of aryl methyl sites for hydroxylation is 1. The number of benzene rings is 2. The van der Waals surface area contributed by atoms with Gasteiger partial charge in [-0.1, -0.05) is 42.5 Å². The molecule has 0 bridgehead atoms. The van der Waals surface area contributed by atoms with E-state index in [4.69, 9.17) is 4.74 Å². The van der Waals surface area contributed by atoms with Crippen LogP contribution >= 0.6 is 0 Å². The van der Waals surface area contributed by atoms with Crippen molar-refractivity contribution in [2.45, 2.75) is 19.4 Å². The Balaban J connectivity index is 2.25. The van der Waals surface area contributed by atoms with Crippen molar-refractivity contribution in [2.75, 3.05) is 0 Å². The normalized spacial score (nSPS) is 21.6. The maximum absolute atomic E-state index is 11.9. The zero-order valence-corrected chi connectivity index (χ0v) is 10.4. The Morgan fingerprint density at radius 3 is 2.28 bits per heavy atom. The van der Waals surface area contributed by atoms with Crippen LogP contribution in [-0.4, -0.2) is 5.97 Å². The van der Waals surface area contributed by atoms with Gasteiger partial charge in [-0.3, -0.25) is 0 Å². The summed E-state index contributed by atoms with van der Waals surface area (Å²) in [5.41, 5.74) is 3.12. The second kappa shape index (κ2) is 3.70. The molecule has 2 aromatic carbocycles. The van der Waals surface area contributed by atoms with E-state index in [1.54, 1.807) is 0 Å². The SMILES string of the molecule is Cc1ccccc1[C@@]1(C)OC(=O)c2ccccc21. The van der Waals surface area contributed by atoms with Gasteiger partial charge in [-0.25, -0.2) is 4.79 Å². The van der Waals surface area contributed by atoms with Crippen LogP contribution in [0.25, 0.3) is 0 Å². The number of fused-ring (bicyclic) bond motifs is 1. The van der Waals surface area contributed by atoms with Crippen LogP contribution in [0.2, 0.25) is 0 Å². The Morgan fingerprint density at radius 2 is 1.56 bits per heavy atom. The molecule has 0 saturated heterocycles. The van der Waals surface area contributed by atoms with Crippen LogP contribution < -0.4 is 0 Å². The van der Waals surface area contributed by atoms with Crippen LogP contribution in [0, 0.1) is 6.92 Å². The van der Waals surface area contributed by atoms with E-state index in [2.05, 4.69) is 0 Å². The first-order chi connectivity index (χ1) is 8.63. The van der Waals surface area contributed by atoms with Gasteiger partial charge in [-0.05, 0) is 25.5 Å². The van der Waals surface area contributed by atoms with Crippen molar-refractivity contribution >= 4 is 5.97 Å². The molecular formula is C16H14O2. The molecule has 2 heteroatoms. The minimum atomic E-state index is -0.668. The molecule has 0 saturated carbocycles. The maximum atomic E-state index is 11.9. The lowest BCUT2D eigenvalue weighted by atomic mass is 9.85. The highest BCUT2D eigenvalue weighted by molar-refractivity contribution is 5.95. The number of cyclic esters (lactones) is 1. The smallest absolute Gasteiger partial charge is 0.339 e. The highest BCUT2D eigenvalue weighted by Crippen LogP contribution is 2.42. The first-order valence-corrected chi connectivity index (χ1v) is 6.02. The summed E-state index contributed by atoms with van der Waals surface area (Å²) in [6.45, 7) is 3.99. The molecule has 0 unspecified atom stereocenters. The third-order valence-electron chi connectivity index (χ3n) is 3.62. The molecule has 0 spiro atoms. The summed E-state index contributed by atoms with van der Waals surface area (Å²) in [4.78, 5) is 11.9. The molecule has 2 nitrogen and oxygen atoms in total. The minimum absolute atomic E-state index is 0.239. The molecule has 1 heterocycles. The highest BCUT2D eigenvalue weighted by Gasteiger charge is 2.43. The Hall–Kier alpha value is -2.09. The fraction of sp³-hybridized carbons (Fsp3) is 0.188. The monoisotopic (exact) mass is 238 g/mol. The average molecular weight is 238 g/mol. The van der Waals surface area contributed by atoms with E-state index in [0.717, 1.165) is 16.7 Å². The first kappa shape index (κ1) is 11.0. The predicted molar refractivity (Wildman–Crippen MR) is 69.5 cm³/mol.